The molecular weight excluding hydrogens is 420 g/mol. The molecule has 144 valence electrons. The predicted octanol–water partition coefficient (Wildman–Crippen LogP) is 3.30. The number of thioether (sulfide) groups is 1. The van der Waals surface area contributed by atoms with Gasteiger partial charge in [-0.05, 0) is 19.1 Å². The second-order valence-corrected chi connectivity index (χ2v) is 7.83. The minimum Gasteiger partial charge on any atom is -0.462 e. The molecule has 0 saturated carbocycles. The Labute approximate surface area is 174 Å². The van der Waals surface area contributed by atoms with Crippen molar-refractivity contribution in [1.29, 1.82) is 5.26 Å². The average molecular weight is 435 g/mol. The number of anilines is 1. The van der Waals surface area contributed by atoms with E-state index in [-0.39, 0.29) is 22.9 Å². The number of carbonyl (C=O) groups is 1. The fourth-order valence-corrected chi connectivity index (χ4v) is 4.57. The summed E-state index contributed by atoms with van der Waals surface area (Å²) in [7, 11) is 0. The summed E-state index contributed by atoms with van der Waals surface area (Å²) in [5.74, 6) is 6.27. The number of nitrogens with zero attached hydrogens (tertiary/aromatic N) is 4. The normalized spacial score (nSPS) is 10.6. The molecule has 2 aromatic heterocycles. The smallest absolute Gasteiger partial charge is 0.348 e. The number of thiophene rings is 1. The molecule has 2 heterocycles. The first-order chi connectivity index (χ1) is 13.5. The fraction of sp³-hybridized carbons (Fsp3) is 0.176. The van der Waals surface area contributed by atoms with Crippen molar-refractivity contribution in [2.24, 2.45) is 0 Å². The van der Waals surface area contributed by atoms with Crippen LogP contribution in [0.3, 0.4) is 0 Å². The maximum Gasteiger partial charge on any atom is 0.348 e. The van der Waals surface area contributed by atoms with Gasteiger partial charge >= 0.3 is 5.97 Å². The monoisotopic (exact) mass is 434 g/mol. The highest BCUT2D eigenvalue weighted by Crippen LogP contribution is 2.36. The van der Waals surface area contributed by atoms with Gasteiger partial charge in [-0.1, -0.05) is 35.5 Å². The van der Waals surface area contributed by atoms with Crippen LogP contribution in [0.5, 0.6) is 0 Å². The van der Waals surface area contributed by atoms with Crippen molar-refractivity contribution in [3.8, 4) is 17.5 Å². The summed E-state index contributed by atoms with van der Waals surface area (Å²) in [6, 6.07) is 9.19. The van der Waals surface area contributed by atoms with Crippen molar-refractivity contribution in [3.05, 3.63) is 45.3 Å². The van der Waals surface area contributed by atoms with Crippen LogP contribution in [-0.2, 0) is 10.5 Å². The maximum absolute atomic E-state index is 12.2. The number of hydrogen-bond donors (Lipinski definition) is 2. The van der Waals surface area contributed by atoms with Crippen LogP contribution >= 0.6 is 34.7 Å². The van der Waals surface area contributed by atoms with E-state index in [4.69, 9.17) is 27.9 Å². The van der Waals surface area contributed by atoms with Crippen molar-refractivity contribution in [2.75, 3.05) is 18.2 Å². The second kappa shape index (κ2) is 8.52. The molecule has 8 nitrogen and oxygen atoms in total. The van der Waals surface area contributed by atoms with Gasteiger partial charge in [-0.25, -0.2) is 9.47 Å². The molecule has 4 N–H and O–H groups in total. The summed E-state index contributed by atoms with van der Waals surface area (Å²) in [6.07, 6.45) is 0. The lowest BCUT2D eigenvalue weighted by atomic mass is 10.2. The molecule has 0 aliphatic rings. The van der Waals surface area contributed by atoms with E-state index in [1.54, 1.807) is 25.1 Å². The first-order valence-corrected chi connectivity index (χ1v) is 10.2. The molecule has 0 bridgehead atoms. The standard InChI is InChI=1S/C17H15ClN6O2S2/c1-2-26-16(25)13-11(10(7-19)14(20)28-13)8-27-17-23-22-15(24(17)21)9-5-3-4-6-12(9)18/h3-6H,2,8,20-21H2,1H3. The number of nitrogen functional groups attached to an aromatic ring is 2. The van der Waals surface area contributed by atoms with Crippen molar-refractivity contribution in [2.45, 2.75) is 17.8 Å². The summed E-state index contributed by atoms with van der Waals surface area (Å²) in [4.78, 5) is 12.5. The lowest BCUT2D eigenvalue weighted by molar-refractivity contribution is 0.0531. The molecule has 0 radical (unpaired) electrons. The van der Waals surface area contributed by atoms with Crippen LogP contribution in [0.25, 0.3) is 11.4 Å². The summed E-state index contributed by atoms with van der Waals surface area (Å²) in [5.41, 5.74) is 7.29. The van der Waals surface area contributed by atoms with Crippen molar-refractivity contribution in [3.63, 3.8) is 0 Å². The Morgan fingerprint density at radius 1 is 1.43 bits per heavy atom. The van der Waals surface area contributed by atoms with Crippen LogP contribution in [0.2, 0.25) is 5.02 Å². The molecule has 0 spiro atoms. The predicted molar refractivity (Wildman–Crippen MR) is 110 cm³/mol. The molecule has 11 heteroatoms. The van der Waals surface area contributed by atoms with Gasteiger partial charge in [0.1, 0.15) is 15.9 Å². The number of benzene rings is 1. The molecule has 3 aromatic rings. The van der Waals surface area contributed by atoms with E-state index in [0.29, 0.717) is 32.0 Å². The minimum atomic E-state index is -0.512. The Morgan fingerprint density at radius 3 is 2.86 bits per heavy atom. The third-order valence-electron chi connectivity index (χ3n) is 3.73. The zero-order valence-electron chi connectivity index (χ0n) is 14.7. The Bertz CT molecular complexity index is 1070. The van der Waals surface area contributed by atoms with Crippen LogP contribution in [0.15, 0.2) is 29.4 Å². The van der Waals surface area contributed by atoms with Gasteiger partial charge in [0.05, 0.1) is 17.2 Å². The van der Waals surface area contributed by atoms with Gasteiger partial charge in [0.15, 0.2) is 5.82 Å². The molecule has 0 unspecified atom stereocenters. The summed E-state index contributed by atoms with van der Waals surface area (Å²) >= 11 is 8.46. The second-order valence-electron chi connectivity index (χ2n) is 5.43. The molecule has 0 amide bonds. The van der Waals surface area contributed by atoms with Gasteiger partial charge in [0.2, 0.25) is 5.16 Å². The Kier molecular flexibility index (Phi) is 6.08. The van der Waals surface area contributed by atoms with Gasteiger partial charge in [-0.2, -0.15) is 5.26 Å². The van der Waals surface area contributed by atoms with Gasteiger partial charge in [-0.3, -0.25) is 0 Å². The zero-order valence-corrected chi connectivity index (χ0v) is 17.1. The van der Waals surface area contributed by atoms with Gasteiger partial charge in [0, 0.05) is 16.9 Å². The molecule has 28 heavy (non-hydrogen) atoms. The van der Waals surface area contributed by atoms with Crippen LogP contribution in [0.1, 0.15) is 27.7 Å². The number of ether oxygens (including phenoxy) is 1. The molecule has 1 aromatic carbocycles. The molecule has 0 aliphatic carbocycles. The van der Waals surface area contributed by atoms with Gasteiger partial charge in [-0.15, -0.1) is 21.5 Å². The number of nitrogens with two attached hydrogens (primary N) is 2. The maximum atomic E-state index is 12.2. The van der Waals surface area contributed by atoms with E-state index < -0.39 is 5.97 Å². The number of carbonyl (C=O) groups excluding carboxylic acids is 1. The van der Waals surface area contributed by atoms with E-state index in [2.05, 4.69) is 10.2 Å². The Hall–Kier alpha value is -2.74. The van der Waals surface area contributed by atoms with E-state index in [9.17, 15) is 10.1 Å². The topological polar surface area (TPSA) is 133 Å². The number of rotatable bonds is 6. The van der Waals surface area contributed by atoms with E-state index in [0.717, 1.165) is 11.3 Å². The van der Waals surface area contributed by atoms with E-state index in [1.165, 1.54) is 16.4 Å². The van der Waals surface area contributed by atoms with Gasteiger partial charge < -0.3 is 16.3 Å². The number of nitriles is 1. The molecule has 0 atom stereocenters. The largest absolute Gasteiger partial charge is 0.462 e. The number of esters is 1. The third-order valence-corrected chi connectivity index (χ3v) is 6.07. The third kappa shape index (κ3) is 3.77. The van der Waals surface area contributed by atoms with Crippen LogP contribution in [0, 0.1) is 11.3 Å². The number of hydrogen-bond acceptors (Lipinski definition) is 9. The number of halogens is 1. The SMILES string of the molecule is CCOC(=O)c1sc(N)c(C#N)c1CSc1nnc(-c2ccccc2Cl)n1N. The fourth-order valence-electron chi connectivity index (χ4n) is 2.45. The van der Waals surface area contributed by atoms with Crippen LogP contribution in [-0.4, -0.2) is 27.4 Å². The van der Waals surface area contributed by atoms with Crippen molar-refractivity contribution in [1.82, 2.24) is 14.9 Å². The van der Waals surface area contributed by atoms with Gasteiger partial charge in [0.25, 0.3) is 0 Å². The highest BCUT2D eigenvalue weighted by atomic mass is 35.5. The molecule has 3 rings (SSSR count). The minimum absolute atomic E-state index is 0.226. The lowest BCUT2D eigenvalue weighted by Gasteiger charge is -2.06. The molecular formula is C17H15ClN6O2S2. The molecule has 0 aliphatic heterocycles. The summed E-state index contributed by atoms with van der Waals surface area (Å²) < 4.78 is 6.37. The Morgan fingerprint density at radius 2 is 2.18 bits per heavy atom. The Balaban J connectivity index is 1.89. The number of aromatic nitrogens is 3. The molecule has 0 saturated heterocycles. The van der Waals surface area contributed by atoms with E-state index >= 15 is 0 Å². The zero-order chi connectivity index (χ0) is 20.3. The van der Waals surface area contributed by atoms with Crippen LogP contribution < -0.4 is 11.6 Å². The highest BCUT2D eigenvalue weighted by molar-refractivity contribution is 7.98. The highest BCUT2D eigenvalue weighted by Gasteiger charge is 2.24. The quantitative estimate of drug-likeness (QED) is 0.343. The summed E-state index contributed by atoms with van der Waals surface area (Å²) in [5, 5.41) is 18.8. The van der Waals surface area contributed by atoms with Crippen LogP contribution in [0.4, 0.5) is 5.00 Å². The molecule has 0 fully saturated rings. The van der Waals surface area contributed by atoms with Crippen molar-refractivity contribution < 1.29 is 9.53 Å². The van der Waals surface area contributed by atoms with Crippen molar-refractivity contribution >= 4 is 45.7 Å². The first-order valence-electron chi connectivity index (χ1n) is 8.04. The van der Waals surface area contributed by atoms with E-state index in [1.807, 2.05) is 12.1 Å². The lowest BCUT2D eigenvalue weighted by Crippen LogP contribution is -2.12. The first kappa shape index (κ1) is 20.0. The summed E-state index contributed by atoms with van der Waals surface area (Å²) in [6.45, 7) is 1.94. The average Bonchev–Trinajstić information content (AvgIpc) is 3.20.